The summed E-state index contributed by atoms with van der Waals surface area (Å²) >= 11 is 0. The minimum absolute atomic E-state index is 0.242. The van der Waals surface area contributed by atoms with Gasteiger partial charge in [0.25, 0.3) is 5.91 Å². The zero-order valence-corrected chi connectivity index (χ0v) is 22.6. The van der Waals surface area contributed by atoms with Crippen molar-refractivity contribution in [2.45, 2.75) is 59.8 Å². The Morgan fingerprint density at radius 1 is 1.08 bits per heavy atom. The van der Waals surface area contributed by atoms with Crippen molar-refractivity contribution in [3.63, 3.8) is 0 Å². The lowest BCUT2D eigenvalue weighted by Gasteiger charge is -2.25. The van der Waals surface area contributed by atoms with Crippen LogP contribution in [0.4, 0.5) is 10.5 Å². The van der Waals surface area contributed by atoms with Gasteiger partial charge in [0, 0.05) is 16.3 Å². The SMILES string of the molecule is Cc1ccc2c(-c3cc(CO)cc(N(N)C(=O)C(C)NC(=O)OC(C)(C)C)c3)c3ccccc3nc2c1C. The van der Waals surface area contributed by atoms with Gasteiger partial charge in [0.1, 0.15) is 11.6 Å². The third kappa shape index (κ3) is 5.46. The van der Waals surface area contributed by atoms with Gasteiger partial charge in [-0.05, 0) is 88.1 Å². The molecule has 8 nitrogen and oxygen atoms in total. The van der Waals surface area contributed by atoms with E-state index in [1.807, 2.05) is 36.4 Å². The van der Waals surface area contributed by atoms with Crippen LogP contribution in [0.2, 0.25) is 0 Å². The zero-order valence-electron chi connectivity index (χ0n) is 22.6. The van der Waals surface area contributed by atoms with Gasteiger partial charge in [0.2, 0.25) is 0 Å². The molecule has 2 amide bonds. The predicted octanol–water partition coefficient (Wildman–Crippen LogP) is 5.28. The molecule has 0 aliphatic carbocycles. The highest BCUT2D eigenvalue weighted by atomic mass is 16.6. The number of hydrogen-bond acceptors (Lipinski definition) is 6. The minimum Gasteiger partial charge on any atom is -0.444 e. The number of para-hydroxylation sites is 1. The molecule has 0 aliphatic heterocycles. The number of aromatic nitrogens is 1. The molecule has 3 aromatic carbocycles. The number of alkyl carbamates (subject to hydrolysis) is 1. The summed E-state index contributed by atoms with van der Waals surface area (Å²) in [5, 5.41) is 15.5. The van der Waals surface area contributed by atoms with Crippen LogP contribution in [-0.2, 0) is 16.1 Å². The van der Waals surface area contributed by atoms with Crippen molar-refractivity contribution in [2.24, 2.45) is 5.84 Å². The van der Waals surface area contributed by atoms with E-state index < -0.39 is 23.6 Å². The van der Waals surface area contributed by atoms with Crippen LogP contribution in [0.25, 0.3) is 32.9 Å². The van der Waals surface area contributed by atoms with E-state index in [0.717, 1.165) is 49.1 Å². The second-order valence-corrected chi connectivity index (χ2v) is 10.5. The maximum absolute atomic E-state index is 13.2. The monoisotopic (exact) mass is 514 g/mol. The number of ether oxygens (including phenoxy) is 1. The van der Waals surface area contributed by atoms with E-state index in [1.165, 1.54) is 6.92 Å². The van der Waals surface area contributed by atoms with Crippen LogP contribution < -0.4 is 16.2 Å². The third-order valence-electron chi connectivity index (χ3n) is 6.44. The summed E-state index contributed by atoms with van der Waals surface area (Å²) in [7, 11) is 0. The molecule has 8 heteroatoms. The summed E-state index contributed by atoms with van der Waals surface area (Å²) in [6.07, 6.45) is -0.711. The molecule has 38 heavy (non-hydrogen) atoms. The van der Waals surface area contributed by atoms with Crippen LogP contribution in [0.1, 0.15) is 44.4 Å². The van der Waals surface area contributed by atoms with Crippen molar-refractivity contribution < 1.29 is 19.4 Å². The number of nitrogens with zero attached hydrogens (tertiary/aromatic N) is 2. The van der Waals surface area contributed by atoms with Gasteiger partial charge in [-0.1, -0.05) is 30.3 Å². The number of aliphatic hydroxyl groups excluding tert-OH is 1. The molecule has 0 bridgehead atoms. The Bertz CT molecular complexity index is 1540. The summed E-state index contributed by atoms with van der Waals surface area (Å²) in [5.74, 6) is 5.75. The van der Waals surface area contributed by atoms with Crippen molar-refractivity contribution in [3.8, 4) is 11.1 Å². The van der Waals surface area contributed by atoms with Crippen molar-refractivity contribution in [2.75, 3.05) is 5.01 Å². The Kier molecular flexibility index (Phi) is 7.40. The first-order valence-corrected chi connectivity index (χ1v) is 12.5. The Labute approximate surface area is 222 Å². The Morgan fingerprint density at radius 2 is 1.79 bits per heavy atom. The molecular formula is C30H34N4O4. The van der Waals surface area contributed by atoms with Crippen LogP contribution in [0, 0.1) is 13.8 Å². The molecule has 0 saturated heterocycles. The van der Waals surface area contributed by atoms with E-state index in [0.29, 0.717) is 11.3 Å². The number of carbonyl (C=O) groups is 2. The van der Waals surface area contributed by atoms with Gasteiger partial charge in [-0.15, -0.1) is 0 Å². The molecule has 4 rings (SSSR count). The van der Waals surface area contributed by atoms with Gasteiger partial charge in [0.15, 0.2) is 0 Å². The first kappa shape index (κ1) is 27.0. The second kappa shape index (κ2) is 10.4. The zero-order chi connectivity index (χ0) is 27.8. The van der Waals surface area contributed by atoms with Crippen molar-refractivity contribution >= 4 is 39.5 Å². The lowest BCUT2D eigenvalue weighted by atomic mass is 9.92. The smallest absolute Gasteiger partial charge is 0.408 e. The molecule has 1 aromatic heterocycles. The van der Waals surface area contributed by atoms with Gasteiger partial charge < -0.3 is 15.2 Å². The van der Waals surface area contributed by atoms with Crippen molar-refractivity contribution in [1.82, 2.24) is 10.3 Å². The van der Waals surface area contributed by atoms with E-state index in [2.05, 4.69) is 31.3 Å². The number of carbonyl (C=O) groups excluding carboxylic acids is 2. The van der Waals surface area contributed by atoms with Crippen LogP contribution in [0.15, 0.2) is 54.6 Å². The van der Waals surface area contributed by atoms with Crippen LogP contribution in [0.5, 0.6) is 0 Å². The molecular weight excluding hydrogens is 480 g/mol. The maximum Gasteiger partial charge on any atom is 0.408 e. The fourth-order valence-electron chi connectivity index (χ4n) is 4.44. The minimum atomic E-state index is -0.940. The number of hydrazine groups is 1. The fourth-order valence-corrected chi connectivity index (χ4v) is 4.44. The molecule has 1 atom stereocenters. The molecule has 0 spiro atoms. The van der Waals surface area contributed by atoms with E-state index in [4.69, 9.17) is 15.6 Å². The third-order valence-corrected chi connectivity index (χ3v) is 6.44. The summed E-state index contributed by atoms with van der Waals surface area (Å²) in [6, 6.07) is 16.4. The number of benzene rings is 3. The number of amides is 2. The summed E-state index contributed by atoms with van der Waals surface area (Å²) in [4.78, 5) is 30.3. The number of nitrogens with two attached hydrogens (primary N) is 1. The van der Waals surface area contributed by atoms with E-state index in [-0.39, 0.29) is 6.61 Å². The molecule has 0 aliphatic rings. The number of rotatable bonds is 5. The fraction of sp³-hybridized carbons (Fsp3) is 0.300. The Morgan fingerprint density at radius 3 is 2.47 bits per heavy atom. The summed E-state index contributed by atoms with van der Waals surface area (Å²) in [6.45, 7) is 10.6. The lowest BCUT2D eigenvalue weighted by Crippen LogP contribution is -2.51. The quantitative estimate of drug-likeness (QED) is 0.144. The molecule has 0 fully saturated rings. The first-order valence-electron chi connectivity index (χ1n) is 12.5. The number of aryl methyl sites for hydroxylation is 2. The average Bonchev–Trinajstić information content (AvgIpc) is 2.87. The molecule has 4 N–H and O–H groups in total. The number of nitrogens with one attached hydrogen (secondary N) is 1. The van der Waals surface area contributed by atoms with Crippen molar-refractivity contribution in [1.29, 1.82) is 0 Å². The highest BCUT2D eigenvalue weighted by molar-refractivity contribution is 6.11. The maximum atomic E-state index is 13.2. The predicted molar refractivity (Wildman–Crippen MR) is 151 cm³/mol. The van der Waals surface area contributed by atoms with Gasteiger partial charge in [0.05, 0.1) is 23.3 Å². The van der Waals surface area contributed by atoms with E-state index in [1.54, 1.807) is 26.8 Å². The van der Waals surface area contributed by atoms with Crippen molar-refractivity contribution in [3.05, 3.63) is 71.3 Å². The normalized spacial score (nSPS) is 12.4. The highest BCUT2D eigenvalue weighted by Gasteiger charge is 2.25. The number of anilines is 1. The molecule has 198 valence electrons. The summed E-state index contributed by atoms with van der Waals surface area (Å²) < 4.78 is 5.26. The average molecular weight is 515 g/mol. The molecule has 4 aromatic rings. The highest BCUT2D eigenvalue weighted by Crippen LogP contribution is 2.38. The molecule has 0 saturated carbocycles. The van der Waals surface area contributed by atoms with Crippen LogP contribution in [0.3, 0.4) is 0 Å². The second-order valence-electron chi connectivity index (χ2n) is 10.5. The standard InChI is InChI=1S/C30H34N4O4/c1-17-11-12-24-26(23-9-7-8-10-25(23)33-27(24)18(17)2)21-13-20(16-35)14-22(15-21)34(31)28(36)19(3)32-29(37)38-30(4,5)6/h7-15,19,35H,16,31H2,1-6H3,(H,32,37). The molecule has 1 heterocycles. The van der Waals surface area contributed by atoms with E-state index in [9.17, 15) is 14.7 Å². The number of hydrogen-bond donors (Lipinski definition) is 3. The first-order chi connectivity index (χ1) is 17.9. The van der Waals surface area contributed by atoms with Gasteiger partial charge in [-0.25, -0.2) is 20.6 Å². The Hall–Kier alpha value is -4.01. The largest absolute Gasteiger partial charge is 0.444 e. The number of fused-ring (bicyclic) bond motifs is 2. The lowest BCUT2D eigenvalue weighted by molar-refractivity contribution is -0.120. The van der Waals surface area contributed by atoms with Gasteiger partial charge >= 0.3 is 6.09 Å². The molecule has 1 unspecified atom stereocenters. The van der Waals surface area contributed by atoms with Gasteiger partial charge in [-0.2, -0.15) is 0 Å². The van der Waals surface area contributed by atoms with Crippen LogP contribution >= 0.6 is 0 Å². The number of pyridine rings is 1. The molecule has 0 radical (unpaired) electrons. The summed E-state index contributed by atoms with van der Waals surface area (Å²) in [5.41, 5.74) is 5.96. The van der Waals surface area contributed by atoms with Gasteiger partial charge in [-0.3, -0.25) is 4.79 Å². The Balaban J connectivity index is 1.81. The topological polar surface area (TPSA) is 118 Å². The number of aliphatic hydroxyl groups is 1. The van der Waals surface area contributed by atoms with E-state index >= 15 is 0 Å². The van der Waals surface area contributed by atoms with Crippen LogP contribution in [-0.4, -0.2) is 33.7 Å².